The number of hydrogen-bond donors (Lipinski definition) is 2. The number of aliphatic carboxylic acids is 1. The minimum absolute atomic E-state index is 0.0719. The lowest BCUT2D eigenvalue weighted by Crippen LogP contribution is -2.24. The molecule has 0 saturated heterocycles. The predicted molar refractivity (Wildman–Crippen MR) is 51.4 cm³/mol. The van der Waals surface area contributed by atoms with Crippen molar-refractivity contribution in [2.24, 2.45) is 5.73 Å². The third-order valence-electron chi connectivity index (χ3n) is 1.03. The van der Waals surface area contributed by atoms with Crippen molar-refractivity contribution in [2.75, 3.05) is 0 Å². The summed E-state index contributed by atoms with van der Waals surface area (Å²) in [6, 6.07) is -0.519. The normalized spacial score (nSPS) is 13.0. The highest BCUT2D eigenvalue weighted by Gasteiger charge is 2.09. The van der Waals surface area contributed by atoms with E-state index in [-0.39, 0.29) is 6.42 Å². The molecule has 4 heteroatoms. The molecule has 0 radical (unpaired) electrons. The lowest BCUT2D eigenvalue weighted by molar-refractivity contribution is -0.137. The molecule has 0 saturated carbocycles. The van der Waals surface area contributed by atoms with Crippen LogP contribution in [0.5, 0.6) is 0 Å². The quantitative estimate of drug-likeness (QED) is 0.491. The molecule has 1 atom stereocenters. The van der Waals surface area contributed by atoms with E-state index in [1.54, 1.807) is 0 Å². The lowest BCUT2D eigenvalue weighted by atomic mass is 10.2. The summed E-state index contributed by atoms with van der Waals surface area (Å²) in [5, 5.41) is 8.38. The molecule has 0 bridgehead atoms. The molecule has 0 spiro atoms. The van der Waals surface area contributed by atoms with Gasteiger partial charge in [-0.05, 0) is 0 Å². The SMILES string of the molecule is C[Si](C)(C)C#C[C@@H](N)CC(=O)O. The highest BCUT2D eigenvalue weighted by molar-refractivity contribution is 6.83. The number of carboxylic acid groups (broad SMARTS) is 1. The van der Waals surface area contributed by atoms with Gasteiger partial charge in [0, 0.05) is 0 Å². The molecule has 3 nitrogen and oxygen atoms in total. The van der Waals surface area contributed by atoms with Crippen LogP contribution in [-0.4, -0.2) is 25.2 Å². The van der Waals surface area contributed by atoms with Crippen molar-refractivity contribution in [3.05, 3.63) is 0 Å². The third kappa shape index (κ3) is 7.32. The number of nitrogens with two attached hydrogens (primary N) is 1. The summed E-state index contributed by atoms with van der Waals surface area (Å²) in [5.74, 6) is 1.87. The van der Waals surface area contributed by atoms with Gasteiger partial charge in [-0.1, -0.05) is 25.6 Å². The van der Waals surface area contributed by atoms with Gasteiger partial charge in [0.25, 0.3) is 0 Å². The lowest BCUT2D eigenvalue weighted by Gasteiger charge is -2.05. The Bertz CT molecular complexity index is 221. The molecule has 3 N–H and O–H groups in total. The van der Waals surface area contributed by atoms with Crippen LogP contribution in [0.3, 0.4) is 0 Å². The molecule has 0 aliphatic rings. The second-order valence-electron chi connectivity index (χ2n) is 3.72. The van der Waals surface area contributed by atoms with Crippen molar-refractivity contribution in [1.82, 2.24) is 0 Å². The maximum absolute atomic E-state index is 10.2. The van der Waals surface area contributed by atoms with Crippen molar-refractivity contribution in [1.29, 1.82) is 0 Å². The molecule has 0 aromatic heterocycles. The first-order valence-corrected chi connectivity index (χ1v) is 7.31. The van der Waals surface area contributed by atoms with Crippen molar-refractivity contribution in [3.63, 3.8) is 0 Å². The van der Waals surface area contributed by atoms with Crippen molar-refractivity contribution in [3.8, 4) is 11.5 Å². The number of rotatable bonds is 2. The fraction of sp³-hybridized carbons (Fsp3) is 0.625. The number of carboxylic acids is 1. The van der Waals surface area contributed by atoms with E-state index < -0.39 is 20.1 Å². The van der Waals surface area contributed by atoms with Gasteiger partial charge < -0.3 is 10.8 Å². The van der Waals surface area contributed by atoms with Crippen LogP contribution in [0.15, 0.2) is 0 Å². The van der Waals surface area contributed by atoms with Crippen LogP contribution in [0, 0.1) is 11.5 Å². The second kappa shape index (κ2) is 4.29. The van der Waals surface area contributed by atoms with Crippen LogP contribution in [0.2, 0.25) is 19.6 Å². The maximum atomic E-state index is 10.2. The molecule has 0 aromatic rings. The molecule has 12 heavy (non-hydrogen) atoms. The molecule has 0 heterocycles. The van der Waals surface area contributed by atoms with E-state index >= 15 is 0 Å². The summed E-state index contributed by atoms with van der Waals surface area (Å²) in [4.78, 5) is 10.2. The fourth-order valence-corrected chi connectivity index (χ4v) is 1.17. The zero-order chi connectivity index (χ0) is 9.78. The predicted octanol–water partition coefficient (Wildman–Crippen LogP) is 0.669. The van der Waals surface area contributed by atoms with Crippen LogP contribution < -0.4 is 5.73 Å². The minimum Gasteiger partial charge on any atom is -0.481 e. The zero-order valence-electron chi connectivity index (χ0n) is 7.72. The van der Waals surface area contributed by atoms with Crippen molar-refractivity contribution >= 4 is 14.0 Å². The van der Waals surface area contributed by atoms with Gasteiger partial charge in [-0.15, -0.1) is 5.54 Å². The Morgan fingerprint density at radius 3 is 2.42 bits per heavy atom. The smallest absolute Gasteiger partial charge is 0.305 e. The van der Waals surface area contributed by atoms with Gasteiger partial charge in [0.1, 0.15) is 8.07 Å². The highest BCUT2D eigenvalue weighted by atomic mass is 28.3. The summed E-state index contributed by atoms with van der Waals surface area (Å²) in [7, 11) is -1.41. The van der Waals surface area contributed by atoms with E-state index in [2.05, 4.69) is 31.1 Å². The molecule has 68 valence electrons. The van der Waals surface area contributed by atoms with Crippen LogP contribution in [0.4, 0.5) is 0 Å². The van der Waals surface area contributed by atoms with E-state index in [0.29, 0.717) is 0 Å². The van der Waals surface area contributed by atoms with Crippen LogP contribution in [0.25, 0.3) is 0 Å². The Morgan fingerprint density at radius 1 is 1.58 bits per heavy atom. The molecular formula is C8H15NO2Si. The zero-order valence-corrected chi connectivity index (χ0v) is 8.72. The summed E-state index contributed by atoms with van der Waals surface area (Å²) in [5.41, 5.74) is 8.48. The van der Waals surface area contributed by atoms with Crippen LogP contribution in [0.1, 0.15) is 6.42 Å². The number of hydrogen-bond acceptors (Lipinski definition) is 2. The molecule has 0 amide bonds. The summed E-state index contributed by atoms with van der Waals surface area (Å²) < 4.78 is 0. The minimum atomic E-state index is -1.41. The molecule has 0 unspecified atom stereocenters. The summed E-state index contributed by atoms with van der Waals surface area (Å²) >= 11 is 0. The first kappa shape index (κ1) is 11.2. The van der Waals surface area contributed by atoms with Crippen LogP contribution in [-0.2, 0) is 4.79 Å². The monoisotopic (exact) mass is 185 g/mol. The van der Waals surface area contributed by atoms with Gasteiger partial charge >= 0.3 is 5.97 Å². The van der Waals surface area contributed by atoms with Gasteiger partial charge in [0.15, 0.2) is 0 Å². The average molecular weight is 185 g/mol. The number of carbonyl (C=O) groups is 1. The summed E-state index contributed by atoms with van der Waals surface area (Å²) in [6.45, 7) is 6.27. The van der Waals surface area contributed by atoms with Gasteiger partial charge in [0.2, 0.25) is 0 Å². The molecular weight excluding hydrogens is 170 g/mol. The molecule has 0 aliphatic carbocycles. The average Bonchev–Trinajstić information content (AvgIpc) is 1.80. The van der Waals surface area contributed by atoms with Crippen molar-refractivity contribution < 1.29 is 9.90 Å². The standard InChI is InChI=1S/C8H15NO2Si/c1-12(2,3)5-4-7(9)6-8(10)11/h7H,6,9H2,1-3H3,(H,10,11)/t7-/m1/s1. The van der Waals surface area contributed by atoms with Crippen LogP contribution >= 0.6 is 0 Å². The van der Waals surface area contributed by atoms with Crippen molar-refractivity contribution in [2.45, 2.75) is 32.1 Å². The Morgan fingerprint density at radius 2 is 2.08 bits per heavy atom. The van der Waals surface area contributed by atoms with Gasteiger partial charge in [-0.2, -0.15) is 0 Å². The fourth-order valence-electron chi connectivity index (χ4n) is 0.548. The first-order chi connectivity index (χ1) is 5.31. The van der Waals surface area contributed by atoms with Gasteiger partial charge in [-0.25, -0.2) is 0 Å². The molecule has 0 aliphatic heterocycles. The first-order valence-electron chi connectivity index (χ1n) is 3.81. The highest BCUT2D eigenvalue weighted by Crippen LogP contribution is 1.97. The Labute approximate surface area is 74.0 Å². The third-order valence-corrected chi connectivity index (χ3v) is 1.92. The molecule has 0 fully saturated rings. The largest absolute Gasteiger partial charge is 0.481 e. The summed E-state index contributed by atoms with van der Waals surface area (Å²) in [6.07, 6.45) is -0.0719. The Kier molecular flexibility index (Phi) is 4.00. The Hall–Kier alpha value is -0.793. The van der Waals surface area contributed by atoms with E-state index in [4.69, 9.17) is 10.8 Å². The van der Waals surface area contributed by atoms with E-state index in [1.807, 2.05) is 0 Å². The Balaban J connectivity index is 4.04. The van der Waals surface area contributed by atoms with E-state index in [9.17, 15) is 4.79 Å². The maximum Gasteiger partial charge on any atom is 0.305 e. The van der Waals surface area contributed by atoms with E-state index in [0.717, 1.165) is 0 Å². The topological polar surface area (TPSA) is 63.3 Å². The van der Waals surface area contributed by atoms with E-state index in [1.165, 1.54) is 0 Å². The molecule has 0 rings (SSSR count). The second-order valence-corrected chi connectivity index (χ2v) is 8.47. The van der Waals surface area contributed by atoms with Gasteiger partial charge in [0.05, 0.1) is 12.5 Å². The molecule has 0 aromatic carbocycles. The van der Waals surface area contributed by atoms with Gasteiger partial charge in [-0.3, -0.25) is 4.79 Å².